The molecule has 0 aliphatic carbocycles. The molecule has 0 fully saturated rings. The van der Waals surface area contributed by atoms with Gasteiger partial charge in [0.25, 0.3) is 5.89 Å². The lowest BCUT2D eigenvalue weighted by Crippen LogP contribution is -2.19. The molecule has 2 aromatic carbocycles. The van der Waals surface area contributed by atoms with Crippen LogP contribution in [0.2, 0.25) is 5.02 Å². The highest BCUT2D eigenvalue weighted by Gasteiger charge is 2.15. The molecule has 1 aromatic heterocycles. The Hall–Kier alpha value is -2.17. The third-order valence-electron chi connectivity index (χ3n) is 4.24. The summed E-state index contributed by atoms with van der Waals surface area (Å²) in [5.74, 6) is 1.15. The van der Waals surface area contributed by atoms with Gasteiger partial charge >= 0.3 is 0 Å². The summed E-state index contributed by atoms with van der Waals surface area (Å²) < 4.78 is 5.36. The summed E-state index contributed by atoms with van der Waals surface area (Å²) in [7, 11) is 0. The standard InChI is InChI=1S/C19H20ClN3O/c1-12-5-4-6-16(13(12)2)11-21-14(3)18-22-19(24-23-18)15-7-9-17(20)10-8-15/h4-10,14,21H,11H2,1-3H3. The first-order chi connectivity index (χ1) is 11.5. The molecule has 1 unspecified atom stereocenters. The zero-order chi connectivity index (χ0) is 17.1. The molecule has 3 aromatic rings. The maximum absolute atomic E-state index is 5.90. The van der Waals surface area contributed by atoms with Gasteiger partial charge in [-0.3, -0.25) is 0 Å². The Morgan fingerprint density at radius 2 is 1.88 bits per heavy atom. The van der Waals surface area contributed by atoms with Crippen molar-refractivity contribution >= 4 is 11.6 Å². The van der Waals surface area contributed by atoms with Crippen LogP contribution < -0.4 is 5.32 Å². The average Bonchev–Trinajstić information content (AvgIpc) is 3.07. The van der Waals surface area contributed by atoms with Crippen LogP contribution >= 0.6 is 11.6 Å². The summed E-state index contributed by atoms with van der Waals surface area (Å²) in [5, 5.41) is 8.22. The van der Waals surface area contributed by atoms with E-state index < -0.39 is 0 Å². The molecule has 0 saturated carbocycles. The van der Waals surface area contributed by atoms with Crippen molar-refractivity contribution in [2.75, 3.05) is 0 Å². The topological polar surface area (TPSA) is 51.0 Å². The van der Waals surface area contributed by atoms with E-state index in [1.165, 1.54) is 16.7 Å². The van der Waals surface area contributed by atoms with Gasteiger partial charge in [0, 0.05) is 17.1 Å². The maximum atomic E-state index is 5.90. The van der Waals surface area contributed by atoms with E-state index in [4.69, 9.17) is 16.1 Å². The van der Waals surface area contributed by atoms with Crippen molar-refractivity contribution < 1.29 is 4.52 Å². The molecule has 0 amide bonds. The van der Waals surface area contributed by atoms with Crippen LogP contribution in [0.5, 0.6) is 0 Å². The monoisotopic (exact) mass is 341 g/mol. The van der Waals surface area contributed by atoms with E-state index in [1.807, 2.05) is 31.2 Å². The van der Waals surface area contributed by atoms with Crippen LogP contribution in [-0.2, 0) is 6.54 Å². The Kier molecular flexibility index (Phi) is 4.97. The van der Waals surface area contributed by atoms with E-state index in [0.717, 1.165) is 12.1 Å². The van der Waals surface area contributed by atoms with Crippen molar-refractivity contribution in [3.63, 3.8) is 0 Å². The molecule has 0 spiro atoms. The zero-order valence-corrected chi connectivity index (χ0v) is 14.8. The molecule has 4 nitrogen and oxygen atoms in total. The third-order valence-corrected chi connectivity index (χ3v) is 4.49. The summed E-state index contributed by atoms with van der Waals surface area (Å²) in [4.78, 5) is 4.48. The van der Waals surface area contributed by atoms with Gasteiger partial charge < -0.3 is 9.84 Å². The van der Waals surface area contributed by atoms with E-state index >= 15 is 0 Å². The molecule has 1 heterocycles. The van der Waals surface area contributed by atoms with Gasteiger partial charge in [-0.2, -0.15) is 4.98 Å². The normalized spacial score (nSPS) is 12.3. The molecule has 5 heteroatoms. The molecule has 0 radical (unpaired) electrons. The highest BCUT2D eigenvalue weighted by atomic mass is 35.5. The van der Waals surface area contributed by atoms with Gasteiger partial charge in [0.15, 0.2) is 5.82 Å². The van der Waals surface area contributed by atoms with Gasteiger partial charge in [-0.05, 0) is 61.7 Å². The predicted octanol–water partition coefficient (Wildman–Crippen LogP) is 4.86. The minimum absolute atomic E-state index is 0.00490. The summed E-state index contributed by atoms with van der Waals surface area (Å²) in [5.41, 5.74) is 4.75. The fraction of sp³-hybridized carbons (Fsp3) is 0.263. The summed E-state index contributed by atoms with van der Waals surface area (Å²) in [6.07, 6.45) is 0. The van der Waals surface area contributed by atoms with Crippen LogP contribution in [0.4, 0.5) is 0 Å². The number of rotatable bonds is 5. The summed E-state index contributed by atoms with van der Waals surface area (Å²) >= 11 is 5.90. The number of nitrogens with zero attached hydrogens (tertiary/aromatic N) is 2. The van der Waals surface area contributed by atoms with Crippen molar-refractivity contribution in [3.8, 4) is 11.5 Å². The average molecular weight is 342 g/mol. The zero-order valence-electron chi connectivity index (χ0n) is 14.0. The predicted molar refractivity (Wildman–Crippen MR) is 95.9 cm³/mol. The van der Waals surface area contributed by atoms with E-state index in [9.17, 15) is 0 Å². The van der Waals surface area contributed by atoms with Crippen molar-refractivity contribution in [2.24, 2.45) is 0 Å². The Bertz CT molecular complexity index is 827. The number of halogens is 1. The fourth-order valence-electron chi connectivity index (χ4n) is 2.48. The van der Waals surface area contributed by atoms with E-state index in [0.29, 0.717) is 16.7 Å². The number of hydrogen-bond donors (Lipinski definition) is 1. The number of nitrogens with one attached hydrogen (secondary N) is 1. The number of aryl methyl sites for hydroxylation is 1. The van der Waals surface area contributed by atoms with Gasteiger partial charge in [0.2, 0.25) is 0 Å². The van der Waals surface area contributed by atoms with E-state index in [1.54, 1.807) is 0 Å². The molecule has 1 N–H and O–H groups in total. The highest BCUT2D eigenvalue weighted by molar-refractivity contribution is 6.30. The molecular weight excluding hydrogens is 322 g/mol. The minimum atomic E-state index is -0.00490. The third kappa shape index (κ3) is 3.66. The highest BCUT2D eigenvalue weighted by Crippen LogP contribution is 2.21. The van der Waals surface area contributed by atoms with Gasteiger partial charge in [-0.1, -0.05) is 35.0 Å². The lowest BCUT2D eigenvalue weighted by atomic mass is 10.0. The number of benzene rings is 2. The lowest BCUT2D eigenvalue weighted by molar-refractivity contribution is 0.409. The summed E-state index contributed by atoms with van der Waals surface area (Å²) in [6, 6.07) is 13.7. The largest absolute Gasteiger partial charge is 0.334 e. The molecule has 0 saturated heterocycles. The van der Waals surface area contributed by atoms with Gasteiger partial charge in [0.1, 0.15) is 0 Å². The lowest BCUT2D eigenvalue weighted by Gasteiger charge is -2.13. The second-order valence-electron chi connectivity index (χ2n) is 5.93. The molecule has 1 atom stereocenters. The first kappa shape index (κ1) is 16.7. The van der Waals surface area contributed by atoms with Gasteiger partial charge in [-0.25, -0.2) is 0 Å². The number of aromatic nitrogens is 2. The first-order valence-electron chi connectivity index (χ1n) is 7.92. The molecule has 0 aliphatic heterocycles. The van der Waals surface area contributed by atoms with Crippen molar-refractivity contribution in [2.45, 2.75) is 33.4 Å². The molecule has 24 heavy (non-hydrogen) atoms. The van der Waals surface area contributed by atoms with Crippen LogP contribution in [0.15, 0.2) is 47.0 Å². The molecule has 3 rings (SSSR count). The molecule has 0 aliphatic rings. The Morgan fingerprint density at radius 3 is 2.62 bits per heavy atom. The Labute approximate surface area is 146 Å². The van der Waals surface area contributed by atoms with Crippen molar-refractivity contribution in [3.05, 3.63) is 70.0 Å². The molecular formula is C19H20ClN3O. The van der Waals surface area contributed by atoms with Crippen LogP contribution in [0.3, 0.4) is 0 Å². The first-order valence-corrected chi connectivity index (χ1v) is 8.30. The second kappa shape index (κ2) is 7.16. The second-order valence-corrected chi connectivity index (χ2v) is 6.36. The van der Waals surface area contributed by atoms with E-state index in [-0.39, 0.29) is 6.04 Å². The molecule has 124 valence electrons. The SMILES string of the molecule is Cc1cccc(CNC(C)c2noc(-c3ccc(Cl)cc3)n2)c1C. The number of hydrogen-bond acceptors (Lipinski definition) is 4. The smallest absolute Gasteiger partial charge is 0.257 e. The minimum Gasteiger partial charge on any atom is -0.334 e. The van der Waals surface area contributed by atoms with Gasteiger partial charge in [0.05, 0.1) is 6.04 Å². The van der Waals surface area contributed by atoms with Crippen molar-refractivity contribution in [1.82, 2.24) is 15.5 Å². The van der Waals surface area contributed by atoms with E-state index in [2.05, 4.69) is 47.5 Å². The van der Waals surface area contributed by atoms with Crippen molar-refractivity contribution in [1.29, 1.82) is 0 Å². The molecule has 0 bridgehead atoms. The van der Waals surface area contributed by atoms with Crippen LogP contribution in [-0.4, -0.2) is 10.1 Å². The quantitative estimate of drug-likeness (QED) is 0.720. The Morgan fingerprint density at radius 1 is 1.12 bits per heavy atom. The van der Waals surface area contributed by atoms with Gasteiger partial charge in [-0.15, -0.1) is 0 Å². The fourth-order valence-corrected chi connectivity index (χ4v) is 2.60. The van der Waals surface area contributed by atoms with Crippen LogP contribution in [0.1, 0.15) is 35.5 Å². The van der Waals surface area contributed by atoms with Crippen LogP contribution in [0.25, 0.3) is 11.5 Å². The van der Waals surface area contributed by atoms with Crippen LogP contribution in [0, 0.1) is 13.8 Å². The summed E-state index contributed by atoms with van der Waals surface area (Å²) in [6.45, 7) is 7.06. The Balaban J connectivity index is 1.68. The maximum Gasteiger partial charge on any atom is 0.257 e.